The van der Waals surface area contributed by atoms with Gasteiger partial charge in [0, 0.05) is 12.1 Å². The Morgan fingerprint density at radius 2 is 1.68 bits per heavy atom. The van der Waals surface area contributed by atoms with Crippen molar-refractivity contribution in [2.75, 3.05) is 11.9 Å². The van der Waals surface area contributed by atoms with Gasteiger partial charge in [-0.2, -0.15) is 0 Å². The molecule has 0 unspecified atom stereocenters. The number of aryl methyl sites for hydroxylation is 1. The first-order valence-corrected chi connectivity index (χ1v) is 9.87. The summed E-state index contributed by atoms with van der Waals surface area (Å²) in [5, 5.41) is 2.84. The number of carbonyl (C=O) groups excluding carboxylic acids is 2. The van der Waals surface area contributed by atoms with Gasteiger partial charge in [0.15, 0.2) is 6.61 Å². The van der Waals surface area contributed by atoms with E-state index < -0.39 is 0 Å². The van der Waals surface area contributed by atoms with Gasteiger partial charge in [-0.3, -0.25) is 9.59 Å². The van der Waals surface area contributed by atoms with Crippen molar-refractivity contribution in [1.29, 1.82) is 0 Å². The van der Waals surface area contributed by atoms with E-state index in [1.54, 1.807) is 12.1 Å². The maximum Gasteiger partial charge on any atom is 0.262 e. The molecule has 1 N–H and O–H groups in total. The van der Waals surface area contributed by atoms with Crippen LogP contribution in [0.1, 0.15) is 49.0 Å². The number of amides is 2. The van der Waals surface area contributed by atoms with E-state index in [0.717, 1.165) is 24.8 Å². The second-order valence-corrected chi connectivity index (χ2v) is 7.49. The van der Waals surface area contributed by atoms with Crippen molar-refractivity contribution in [3.63, 3.8) is 0 Å². The number of hydrogen-bond donors (Lipinski definition) is 1. The number of hydrogen-bond acceptors (Lipinski definition) is 3. The molecule has 0 aliphatic carbocycles. The number of para-hydroxylation sites is 2. The fourth-order valence-electron chi connectivity index (χ4n) is 3.79. The first kappa shape index (κ1) is 19.9. The highest BCUT2D eigenvalue weighted by molar-refractivity contribution is 6.04. The molecule has 0 saturated carbocycles. The number of nitrogens with one attached hydrogen (secondary N) is 1. The Morgan fingerprint density at radius 1 is 1.04 bits per heavy atom. The van der Waals surface area contributed by atoms with Crippen molar-refractivity contribution in [3.8, 4) is 5.75 Å². The maximum atomic E-state index is 13.2. The van der Waals surface area contributed by atoms with E-state index in [9.17, 15) is 9.59 Å². The summed E-state index contributed by atoms with van der Waals surface area (Å²) in [7, 11) is 0. The van der Waals surface area contributed by atoms with E-state index in [2.05, 4.69) is 19.2 Å². The quantitative estimate of drug-likeness (QED) is 0.836. The molecule has 148 valence electrons. The summed E-state index contributed by atoms with van der Waals surface area (Å²) in [4.78, 5) is 27.5. The number of ether oxygens (including phenoxy) is 1. The molecule has 3 rings (SSSR count). The highest BCUT2D eigenvalue weighted by Gasteiger charge is 2.30. The summed E-state index contributed by atoms with van der Waals surface area (Å²) >= 11 is 0. The number of nitrogens with zero attached hydrogens (tertiary/aromatic N) is 1. The molecule has 1 heterocycles. The Balaban J connectivity index is 1.70. The van der Waals surface area contributed by atoms with Crippen LogP contribution in [-0.2, 0) is 4.79 Å². The zero-order chi connectivity index (χ0) is 20.1. The van der Waals surface area contributed by atoms with Crippen LogP contribution in [0.5, 0.6) is 5.75 Å². The zero-order valence-electron chi connectivity index (χ0n) is 16.8. The Labute approximate surface area is 166 Å². The van der Waals surface area contributed by atoms with Gasteiger partial charge < -0.3 is 15.0 Å². The average molecular weight is 380 g/mol. The zero-order valence-corrected chi connectivity index (χ0v) is 16.8. The van der Waals surface area contributed by atoms with E-state index in [0.29, 0.717) is 17.0 Å². The highest BCUT2D eigenvalue weighted by atomic mass is 16.5. The van der Waals surface area contributed by atoms with Crippen LogP contribution in [0.2, 0.25) is 0 Å². The van der Waals surface area contributed by atoms with Gasteiger partial charge in [0.2, 0.25) is 0 Å². The normalized spacial score (nSPS) is 19.2. The predicted molar refractivity (Wildman–Crippen MR) is 111 cm³/mol. The van der Waals surface area contributed by atoms with Gasteiger partial charge in [0.1, 0.15) is 5.75 Å². The molecule has 2 aromatic carbocycles. The molecule has 1 fully saturated rings. The molecule has 1 aliphatic rings. The summed E-state index contributed by atoms with van der Waals surface area (Å²) in [5.41, 5.74) is 2.02. The van der Waals surface area contributed by atoms with Crippen LogP contribution < -0.4 is 10.1 Å². The van der Waals surface area contributed by atoms with E-state index in [-0.39, 0.29) is 30.5 Å². The highest BCUT2D eigenvalue weighted by Crippen LogP contribution is 2.27. The first-order chi connectivity index (χ1) is 13.5. The maximum absolute atomic E-state index is 13.2. The number of likely N-dealkylation sites (tertiary alicyclic amines) is 1. The molecule has 0 radical (unpaired) electrons. The van der Waals surface area contributed by atoms with E-state index in [1.165, 1.54) is 0 Å². The fourth-order valence-corrected chi connectivity index (χ4v) is 3.79. The van der Waals surface area contributed by atoms with Gasteiger partial charge in [-0.1, -0.05) is 30.3 Å². The van der Waals surface area contributed by atoms with E-state index in [1.807, 2.05) is 48.2 Å². The summed E-state index contributed by atoms with van der Waals surface area (Å²) in [6.45, 7) is 6.00. The third kappa shape index (κ3) is 4.53. The van der Waals surface area contributed by atoms with Crippen LogP contribution >= 0.6 is 0 Å². The molecular weight excluding hydrogens is 352 g/mol. The van der Waals surface area contributed by atoms with Crippen molar-refractivity contribution >= 4 is 17.5 Å². The average Bonchev–Trinajstić information content (AvgIpc) is 2.67. The van der Waals surface area contributed by atoms with Gasteiger partial charge in [0.05, 0.1) is 11.3 Å². The molecule has 0 bridgehead atoms. The van der Waals surface area contributed by atoms with E-state index in [4.69, 9.17) is 4.74 Å². The van der Waals surface area contributed by atoms with Crippen LogP contribution in [0.15, 0.2) is 48.5 Å². The van der Waals surface area contributed by atoms with Gasteiger partial charge >= 0.3 is 0 Å². The number of anilines is 1. The van der Waals surface area contributed by atoms with Crippen LogP contribution in [0.4, 0.5) is 5.69 Å². The monoisotopic (exact) mass is 380 g/mol. The Kier molecular flexibility index (Phi) is 6.34. The van der Waals surface area contributed by atoms with E-state index >= 15 is 0 Å². The topological polar surface area (TPSA) is 58.6 Å². The summed E-state index contributed by atoms with van der Waals surface area (Å²) < 4.78 is 5.61. The Hall–Kier alpha value is -2.82. The lowest BCUT2D eigenvalue weighted by Crippen LogP contribution is -2.47. The lowest BCUT2D eigenvalue weighted by molar-refractivity contribution is -0.118. The SMILES string of the molecule is Cc1ccccc1OCC(=O)Nc1ccccc1C(=O)N1[C@H](C)CCC[C@H]1C. The summed E-state index contributed by atoms with van der Waals surface area (Å²) in [6, 6.07) is 15.1. The second-order valence-electron chi connectivity index (χ2n) is 7.49. The van der Waals surface area contributed by atoms with Crippen LogP contribution in [0.25, 0.3) is 0 Å². The van der Waals surface area contributed by atoms with Gasteiger partial charge in [0.25, 0.3) is 11.8 Å². The van der Waals surface area contributed by atoms with Crippen molar-refractivity contribution in [1.82, 2.24) is 4.90 Å². The Bertz CT molecular complexity index is 839. The van der Waals surface area contributed by atoms with Crippen molar-refractivity contribution < 1.29 is 14.3 Å². The van der Waals surface area contributed by atoms with Crippen LogP contribution in [-0.4, -0.2) is 35.4 Å². The minimum absolute atomic E-state index is 0.0320. The third-order valence-electron chi connectivity index (χ3n) is 5.31. The molecule has 5 nitrogen and oxygen atoms in total. The lowest BCUT2D eigenvalue weighted by Gasteiger charge is -2.39. The third-order valence-corrected chi connectivity index (χ3v) is 5.31. The minimum atomic E-state index is -0.289. The smallest absolute Gasteiger partial charge is 0.262 e. The first-order valence-electron chi connectivity index (χ1n) is 9.87. The lowest BCUT2D eigenvalue weighted by atomic mass is 9.96. The molecule has 5 heteroatoms. The second kappa shape index (κ2) is 8.91. The summed E-state index contributed by atoms with van der Waals surface area (Å²) in [6.07, 6.45) is 3.16. The molecule has 0 spiro atoms. The number of carbonyl (C=O) groups is 2. The van der Waals surface area contributed by atoms with Crippen LogP contribution in [0, 0.1) is 6.92 Å². The van der Waals surface area contributed by atoms with Crippen LogP contribution in [0.3, 0.4) is 0 Å². The van der Waals surface area contributed by atoms with Gasteiger partial charge in [-0.15, -0.1) is 0 Å². The molecule has 2 atom stereocenters. The summed E-state index contributed by atoms with van der Waals surface area (Å²) in [5.74, 6) is 0.358. The minimum Gasteiger partial charge on any atom is -0.483 e. The Morgan fingerprint density at radius 3 is 2.39 bits per heavy atom. The van der Waals surface area contributed by atoms with Crippen molar-refractivity contribution in [3.05, 3.63) is 59.7 Å². The van der Waals surface area contributed by atoms with Gasteiger partial charge in [-0.05, 0) is 63.8 Å². The predicted octanol–water partition coefficient (Wildman–Crippen LogP) is 4.42. The largest absolute Gasteiger partial charge is 0.483 e. The van der Waals surface area contributed by atoms with Crippen molar-refractivity contribution in [2.24, 2.45) is 0 Å². The molecule has 28 heavy (non-hydrogen) atoms. The molecular formula is C23H28N2O3. The molecule has 2 aromatic rings. The number of piperidine rings is 1. The number of rotatable bonds is 5. The standard InChI is InChI=1S/C23H28N2O3/c1-16-9-4-7-14-21(16)28-15-22(26)24-20-13-6-5-12-19(20)23(27)25-17(2)10-8-11-18(25)3/h4-7,9,12-14,17-18H,8,10-11,15H2,1-3H3,(H,24,26)/t17-,18-/m1/s1. The molecule has 2 amide bonds. The molecule has 1 saturated heterocycles. The van der Waals surface area contributed by atoms with Gasteiger partial charge in [-0.25, -0.2) is 0 Å². The van der Waals surface area contributed by atoms with Crippen molar-refractivity contribution in [2.45, 2.75) is 52.1 Å². The molecule has 1 aliphatic heterocycles. The molecule has 0 aromatic heterocycles. The fraction of sp³-hybridized carbons (Fsp3) is 0.391. The number of benzene rings is 2.